The van der Waals surface area contributed by atoms with Crippen LogP contribution in [0.15, 0.2) is 64.7 Å². The fraction of sp³-hybridized carbons (Fsp3) is 0.125. The molecule has 1 atom stereocenters. The van der Waals surface area contributed by atoms with Gasteiger partial charge in [0, 0.05) is 24.8 Å². The lowest BCUT2D eigenvalue weighted by atomic mass is 10.1. The zero-order chi connectivity index (χ0) is 15.4. The molecule has 6 nitrogen and oxygen atoms in total. The van der Waals surface area contributed by atoms with Crippen molar-refractivity contribution in [3.8, 4) is 0 Å². The summed E-state index contributed by atoms with van der Waals surface area (Å²) in [5, 5.41) is 14.7. The van der Waals surface area contributed by atoms with Crippen molar-refractivity contribution in [1.82, 2.24) is 0 Å². The summed E-state index contributed by atoms with van der Waals surface area (Å²) < 4.78 is 0. The Labute approximate surface area is 126 Å². The van der Waals surface area contributed by atoms with Crippen LogP contribution in [0.5, 0.6) is 0 Å². The van der Waals surface area contributed by atoms with Gasteiger partial charge in [0.15, 0.2) is 6.10 Å². The molecule has 0 saturated carbocycles. The number of aliphatic imine (C=N–C) groups is 1. The van der Waals surface area contributed by atoms with Crippen LogP contribution < -0.4 is 0 Å². The van der Waals surface area contributed by atoms with Crippen LogP contribution in [-0.4, -0.2) is 23.0 Å². The minimum absolute atomic E-state index is 0.0470. The average molecular weight is 295 g/mol. The summed E-state index contributed by atoms with van der Waals surface area (Å²) in [5.74, 6) is 0. The highest BCUT2D eigenvalue weighted by molar-refractivity contribution is 6.02. The summed E-state index contributed by atoms with van der Waals surface area (Å²) in [6, 6.07) is 15.9. The van der Waals surface area contributed by atoms with Gasteiger partial charge in [0.2, 0.25) is 0 Å². The topological polar surface area (TPSA) is 77.1 Å². The number of hydrogen-bond acceptors (Lipinski definition) is 5. The molecule has 0 spiro atoms. The first-order valence-corrected chi connectivity index (χ1v) is 6.79. The van der Waals surface area contributed by atoms with Gasteiger partial charge in [-0.15, -0.1) is 0 Å². The fourth-order valence-electron chi connectivity index (χ4n) is 2.11. The maximum Gasteiger partial charge on any atom is 0.269 e. The SMILES string of the molecule is O=[N+]([O-])c1ccc(N=C[C@H]2CC(c3ccccc3)=NO2)cc1. The lowest BCUT2D eigenvalue weighted by Gasteiger charge is -2.00. The van der Waals surface area contributed by atoms with Crippen LogP contribution in [-0.2, 0) is 4.84 Å². The fourth-order valence-corrected chi connectivity index (χ4v) is 2.11. The molecule has 0 amide bonds. The highest BCUT2D eigenvalue weighted by Crippen LogP contribution is 2.19. The Morgan fingerprint density at radius 2 is 1.91 bits per heavy atom. The molecule has 0 unspecified atom stereocenters. The van der Waals surface area contributed by atoms with Gasteiger partial charge in [-0.3, -0.25) is 15.1 Å². The van der Waals surface area contributed by atoms with Gasteiger partial charge in [-0.2, -0.15) is 0 Å². The average Bonchev–Trinajstić information content (AvgIpc) is 3.03. The third-order valence-corrected chi connectivity index (χ3v) is 3.25. The van der Waals surface area contributed by atoms with E-state index in [-0.39, 0.29) is 11.8 Å². The first-order valence-electron chi connectivity index (χ1n) is 6.79. The molecule has 2 aromatic carbocycles. The first-order chi connectivity index (χ1) is 10.7. The minimum atomic E-state index is -0.437. The van der Waals surface area contributed by atoms with Gasteiger partial charge >= 0.3 is 0 Å². The monoisotopic (exact) mass is 295 g/mol. The highest BCUT2D eigenvalue weighted by Gasteiger charge is 2.20. The van der Waals surface area contributed by atoms with Gasteiger partial charge in [0.1, 0.15) is 0 Å². The Balaban J connectivity index is 1.62. The molecular weight excluding hydrogens is 282 g/mol. The van der Waals surface area contributed by atoms with Crippen molar-refractivity contribution in [3.63, 3.8) is 0 Å². The van der Waals surface area contributed by atoms with E-state index >= 15 is 0 Å². The van der Waals surface area contributed by atoms with E-state index in [1.807, 2.05) is 30.3 Å². The molecule has 6 heteroatoms. The Bertz CT molecular complexity index is 724. The lowest BCUT2D eigenvalue weighted by molar-refractivity contribution is -0.384. The van der Waals surface area contributed by atoms with E-state index in [4.69, 9.17) is 4.84 Å². The van der Waals surface area contributed by atoms with Crippen molar-refractivity contribution in [2.24, 2.45) is 10.1 Å². The maximum atomic E-state index is 10.6. The second-order valence-corrected chi connectivity index (χ2v) is 4.80. The van der Waals surface area contributed by atoms with Crippen molar-refractivity contribution in [1.29, 1.82) is 0 Å². The summed E-state index contributed by atoms with van der Waals surface area (Å²) >= 11 is 0. The summed E-state index contributed by atoms with van der Waals surface area (Å²) in [7, 11) is 0. The third-order valence-electron chi connectivity index (χ3n) is 3.25. The number of benzene rings is 2. The Kier molecular flexibility index (Phi) is 3.91. The third kappa shape index (κ3) is 3.17. The molecule has 1 aliphatic rings. The zero-order valence-electron chi connectivity index (χ0n) is 11.6. The Morgan fingerprint density at radius 3 is 2.59 bits per heavy atom. The van der Waals surface area contributed by atoms with Crippen molar-refractivity contribution >= 4 is 23.3 Å². The van der Waals surface area contributed by atoms with Crippen LogP contribution in [0.2, 0.25) is 0 Å². The molecule has 0 saturated heterocycles. The van der Waals surface area contributed by atoms with Gasteiger partial charge in [-0.25, -0.2) is 0 Å². The van der Waals surface area contributed by atoms with E-state index in [2.05, 4.69) is 10.1 Å². The summed E-state index contributed by atoms with van der Waals surface area (Å²) in [6.07, 6.45) is 2.10. The second-order valence-electron chi connectivity index (χ2n) is 4.80. The van der Waals surface area contributed by atoms with E-state index in [1.54, 1.807) is 18.3 Å². The van der Waals surface area contributed by atoms with E-state index in [0.717, 1.165) is 11.3 Å². The molecule has 0 aromatic heterocycles. The maximum absolute atomic E-state index is 10.6. The molecule has 110 valence electrons. The Hall–Kier alpha value is -3.02. The quantitative estimate of drug-likeness (QED) is 0.492. The molecule has 0 N–H and O–H groups in total. The van der Waals surface area contributed by atoms with Crippen LogP contribution in [0, 0.1) is 10.1 Å². The summed E-state index contributed by atoms with van der Waals surface area (Å²) in [5.41, 5.74) is 2.61. The largest absolute Gasteiger partial charge is 0.386 e. The van der Waals surface area contributed by atoms with Crippen LogP contribution in [0.3, 0.4) is 0 Å². The van der Waals surface area contributed by atoms with Crippen molar-refractivity contribution in [2.75, 3.05) is 0 Å². The number of nitro groups is 1. The predicted octanol–water partition coefficient (Wildman–Crippen LogP) is 3.49. The number of oxime groups is 1. The molecule has 22 heavy (non-hydrogen) atoms. The predicted molar refractivity (Wildman–Crippen MR) is 83.7 cm³/mol. The van der Waals surface area contributed by atoms with Crippen LogP contribution in [0.4, 0.5) is 11.4 Å². The molecule has 0 bridgehead atoms. The first kappa shape index (κ1) is 13.9. The van der Waals surface area contributed by atoms with E-state index in [0.29, 0.717) is 12.1 Å². The second kappa shape index (κ2) is 6.17. The minimum Gasteiger partial charge on any atom is -0.386 e. The van der Waals surface area contributed by atoms with E-state index < -0.39 is 4.92 Å². The van der Waals surface area contributed by atoms with Gasteiger partial charge in [-0.1, -0.05) is 35.5 Å². The normalized spacial score (nSPS) is 17.3. The number of nitro benzene ring substituents is 1. The van der Waals surface area contributed by atoms with Crippen molar-refractivity contribution < 1.29 is 9.76 Å². The lowest BCUT2D eigenvalue weighted by Crippen LogP contribution is -2.09. The van der Waals surface area contributed by atoms with Crippen molar-refractivity contribution in [3.05, 3.63) is 70.3 Å². The van der Waals surface area contributed by atoms with E-state index in [9.17, 15) is 10.1 Å². The Morgan fingerprint density at radius 1 is 1.18 bits per heavy atom. The molecule has 3 rings (SSSR count). The molecular formula is C16H13N3O3. The molecule has 1 aliphatic heterocycles. The van der Waals surface area contributed by atoms with Gasteiger partial charge in [0.05, 0.1) is 16.3 Å². The molecule has 0 aliphatic carbocycles. The van der Waals surface area contributed by atoms with E-state index in [1.165, 1.54) is 12.1 Å². The van der Waals surface area contributed by atoms with Gasteiger partial charge < -0.3 is 4.84 Å². The standard InChI is InChI=1S/C16H13N3O3/c20-19(21)14-8-6-13(7-9-14)17-11-15-10-16(18-22-15)12-4-2-1-3-5-12/h1-9,11,15H,10H2/t15-/m1/s1. The van der Waals surface area contributed by atoms with Crippen LogP contribution in [0.1, 0.15) is 12.0 Å². The summed E-state index contributed by atoms with van der Waals surface area (Å²) in [6.45, 7) is 0. The number of nitrogens with zero attached hydrogens (tertiary/aromatic N) is 3. The molecule has 2 aromatic rings. The zero-order valence-corrected chi connectivity index (χ0v) is 11.6. The summed E-state index contributed by atoms with van der Waals surface area (Å²) in [4.78, 5) is 19.8. The highest BCUT2D eigenvalue weighted by atomic mass is 16.6. The van der Waals surface area contributed by atoms with Gasteiger partial charge in [-0.05, 0) is 17.7 Å². The number of rotatable bonds is 4. The molecule has 0 radical (unpaired) electrons. The number of non-ortho nitro benzene ring substituents is 1. The molecule has 1 heterocycles. The number of hydrogen-bond donors (Lipinski definition) is 0. The van der Waals surface area contributed by atoms with Crippen LogP contribution in [0.25, 0.3) is 0 Å². The molecule has 0 fully saturated rings. The van der Waals surface area contributed by atoms with Gasteiger partial charge in [0.25, 0.3) is 5.69 Å². The van der Waals surface area contributed by atoms with Crippen LogP contribution >= 0.6 is 0 Å². The van der Waals surface area contributed by atoms with Crippen molar-refractivity contribution in [2.45, 2.75) is 12.5 Å². The smallest absolute Gasteiger partial charge is 0.269 e.